The third-order valence-corrected chi connectivity index (χ3v) is 5.54. The minimum atomic E-state index is -0.237. The fourth-order valence-corrected chi connectivity index (χ4v) is 3.32. The Morgan fingerprint density at radius 1 is 1.04 bits per heavy atom. The van der Waals surface area contributed by atoms with Crippen molar-refractivity contribution in [1.29, 1.82) is 0 Å². The Morgan fingerprint density at radius 2 is 1.61 bits per heavy atom. The van der Waals surface area contributed by atoms with Gasteiger partial charge in [-0.1, -0.05) is 19.9 Å². The van der Waals surface area contributed by atoms with Gasteiger partial charge in [0.1, 0.15) is 0 Å². The summed E-state index contributed by atoms with van der Waals surface area (Å²) in [5, 5.41) is 0. The van der Waals surface area contributed by atoms with E-state index in [0.29, 0.717) is 6.04 Å². The highest BCUT2D eigenvalue weighted by Gasteiger charge is 2.52. The van der Waals surface area contributed by atoms with Gasteiger partial charge in [-0.2, -0.15) is 0 Å². The summed E-state index contributed by atoms with van der Waals surface area (Å²) >= 11 is 0. The van der Waals surface area contributed by atoms with Gasteiger partial charge in [-0.25, -0.2) is 0 Å². The number of allylic oxidation sites excluding steroid dienone is 1. The first-order valence-electron chi connectivity index (χ1n) is 9.25. The smallest absolute Gasteiger partial charge is 0.400 e. The van der Waals surface area contributed by atoms with Gasteiger partial charge in [0.15, 0.2) is 0 Å². The van der Waals surface area contributed by atoms with Crippen LogP contribution in [0.25, 0.3) is 0 Å². The van der Waals surface area contributed by atoms with Crippen LogP contribution in [0.2, 0.25) is 0 Å². The van der Waals surface area contributed by atoms with Gasteiger partial charge in [0.2, 0.25) is 0 Å². The molecule has 3 rings (SSSR count). The van der Waals surface area contributed by atoms with Gasteiger partial charge in [0.25, 0.3) is 0 Å². The van der Waals surface area contributed by atoms with Crippen molar-refractivity contribution in [2.45, 2.75) is 78.0 Å². The first-order valence-corrected chi connectivity index (χ1v) is 9.25. The summed E-state index contributed by atoms with van der Waals surface area (Å²) < 4.78 is 17.8. The molecule has 1 unspecified atom stereocenters. The molecular weight excluding hydrogens is 289 g/mol. The highest BCUT2D eigenvalue weighted by atomic mass is 16.7. The molecule has 0 aromatic carbocycles. The summed E-state index contributed by atoms with van der Waals surface area (Å²) in [6.07, 6.45) is 5.75. The molecule has 0 aromatic rings. The Hall–Kier alpha value is -0.355. The normalized spacial score (nSPS) is 30.4. The number of nitrogens with zero attached hydrogens (tertiary/aromatic N) is 1. The number of rotatable bonds is 2. The minimum Gasteiger partial charge on any atom is -0.400 e. The van der Waals surface area contributed by atoms with Crippen LogP contribution < -0.4 is 0 Å². The zero-order valence-corrected chi connectivity index (χ0v) is 15.9. The molecule has 5 heteroatoms. The second-order valence-corrected chi connectivity index (χ2v) is 7.44. The van der Waals surface area contributed by atoms with Crippen LogP contribution in [0.1, 0.15) is 60.8 Å². The van der Waals surface area contributed by atoms with Crippen LogP contribution >= 0.6 is 0 Å². The van der Waals surface area contributed by atoms with Crippen LogP contribution in [0.4, 0.5) is 0 Å². The third kappa shape index (κ3) is 4.19. The van der Waals surface area contributed by atoms with E-state index in [1.165, 1.54) is 11.9 Å². The van der Waals surface area contributed by atoms with E-state index in [9.17, 15) is 0 Å². The van der Waals surface area contributed by atoms with E-state index in [1.54, 1.807) is 0 Å². The Labute approximate surface area is 142 Å². The van der Waals surface area contributed by atoms with E-state index in [4.69, 9.17) is 14.0 Å². The topological polar surface area (TPSA) is 30.9 Å². The Balaban J connectivity index is 0.000000924. The zero-order chi connectivity index (χ0) is 17.1. The average molecular weight is 323 g/mol. The molecule has 1 atom stereocenters. The van der Waals surface area contributed by atoms with Gasteiger partial charge in [0, 0.05) is 19.1 Å². The zero-order valence-electron chi connectivity index (χ0n) is 15.9. The fourth-order valence-electron chi connectivity index (χ4n) is 3.32. The van der Waals surface area contributed by atoms with Gasteiger partial charge < -0.3 is 14.0 Å². The molecule has 132 valence electrons. The Kier molecular flexibility index (Phi) is 6.34. The van der Waals surface area contributed by atoms with Gasteiger partial charge >= 0.3 is 7.12 Å². The minimum absolute atomic E-state index is 0.152. The summed E-state index contributed by atoms with van der Waals surface area (Å²) in [6.45, 7) is 16.4. The second kappa shape index (κ2) is 7.69. The SMILES string of the molecule is CC.CC1(C)OB(C2=CCC(N3CCOCC3)CC2)OC1(C)C. The lowest BCUT2D eigenvalue weighted by molar-refractivity contribution is 0.00578. The van der Waals surface area contributed by atoms with E-state index < -0.39 is 0 Å². The number of ether oxygens (including phenoxy) is 1. The molecule has 0 spiro atoms. The van der Waals surface area contributed by atoms with Crippen LogP contribution in [-0.4, -0.2) is 55.6 Å². The number of morpholine rings is 1. The maximum Gasteiger partial charge on any atom is 0.490 e. The first kappa shape index (κ1) is 19.0. The lowest BCUT2D eigenvalue weighted by Gasteiger charge is -2.36. The van der Waals surface area contributed by atoms with Crippen LogP contribution in [0.15, 0.2) is 11.5 Å². The predicted octanol–water partition coefficient (Wildman–Crippen LogP) is 3.46. The van der Waals surface area contributed by atoms with Crippen molar-refractivity contribution in [3.05, 3.63) is 11.5 Å². The summed E-state index contributed by atoms with van der Waals surface area (Å²) in [4.78, 5) is 2.57. The van der Waals surface area contributed by atoms with Crippen molar-refractivity contribution in [3.8, 4) is 0 Å². The van der Waals surface area contributed by atoms with E-state index in [2.05, 4.69) is 38.7 Å². The summed E-state index contributed by atoms with van der Waals surface area (Å²) in [5.41, 5.74) is 0.859. The maximum atomic E-state index is 6.16. The fraction of sp³-hybridized carbons (Fsp3) is 0.889. The maximum absolute atomic E-state index is 6.16. The molecule has 4 nitrogen and oxygen atoms in total. The molecule has 0 aromatic heterocycles. The summed E-state index contributed by atoms with van der Waals surface area (Å²) in [7, 11) is -0.152. The molecule has 1 aliphatic carbocycles. The molecule has 23 heavy (non-hydrogen) atoms. The van der Waals surface area contributed by atoms with Crippen molar-refractivity contribution in [1.82, 2.24) is 4.90 Å². The van der Waals surface area contributed by atoms with E-state index in [1.807, 2.05) is 13.8 Å². The standard InChI is InChI=1S/C16H28BNO3.C2H6/c1-15(2)16(3,4)21-17(20-15)13-5-7-14(8-6-13)18-9-11-19-12-10-18;1-2/h5,14H,6-12H2,1-4H3;1-2H3. The molecular formula is C18H34BNO3. The predicted molar refractivity (Wildman–Crippen MR) is 95.5 cm³/mol. The van der Waals surface area contributed by atoms with Crippen molar-refractivity contribution >= 4 is 7.12 Å². The van der Waals surface area contributed by atoms with Crippen LogP contribution in [0, 0.1) is 0 Å². The molecule has 0 radical (unpaired) electrons. The molecule has 3 aliphatic rings. The van der Waals surface area contributed by atoms with E-state index in [-0.39, 0.29) is 18.3 Å². The molecule has 0 N–H and O–H groups in total. The quantitative estimate of drug-likeness (QED) is 0.728. The molecule has 2 saturated heterocycles. The Bertz CT molecular complexity index is 400. The lowest BCUT2D eigenvalue weighted by Crippen LogP contribution is -2.44. The first-order chi connectivity index (χ1) is 10.9. The van der Waals surface area contributed by atoms with Gasteiger partial charge in [0.05, 0.1) is 24.4 Å². The average Bonchev–Trinajstić information content (AvgIpc) is 2.78. The molecule has 0 bridgehead atoms. The third-order valence-electron chi connectivity index (χ3n) is 5.54. The monoisotopic (exact) mass is 323 g/mol. The number of hydrogen-bond acceptors (Lipinski definition) is 4. The van der Waals surface area contributed by atoms with Crippen molar-refractivity contribution < 1.29 is 14.0 Å². The number of hydrogen-bond donors (Lipinski definition) is 0. The molecule has 0 saturated carbocycles. The van der Waals surface area contributed by atoms with Gasteiger partial charge in [-0.05, 0) is 52.4 Å². The van der Waals surface area contributed by atoms with Crippen LogP contribution in [-0.2, 0) is 14.0 Å². The summed E-state index contributed by atoms with van der Waals surface area (Å²) in [5.74, 6) is 0. The van der Waals surface area contributed by atoms with Crippen molar-refractivity contribution in [2.24, 2.45) is 0 Å². The molecule has 2 aliphatic heterocycles. The van der Waals surface area contributed by atoms with E-state index in [0.717, 1.165) is 39.1 Å². The van der Waals surface area contributed by atoms with Crippen molar-refractivity contribution in [3.63, 3.8) is 0 Å². The molecule has 2 fully saturated rings. The highest BCUT2D eigenvalue weighted by Crippen LogP contribution is 2.40. The van der Waals surface area contributed by atoms with Crippen LogP contribution in [0.3, 0.4) is 0 Å². The van der Waals surface area contributed by atoms with Crippen molar-refractivity contribution in [2.75, 3.05) is 26.3 Å². The second-order valence-electron chi connectivity index (χ2n) is 7.44. The molecule has 0 amide bonds. The van der Waals surface area contributed by atoms with Gasteiger partial charge in [-0.3, -0.25) is 4.90 Å². The Morgan fingerprint density at radius 3 is 2.09 bits per heavy atom. The largest absolute Gasteiger partial charge is 0.490 e. The van der Waals surface area contributed by atoms with Crippen LogP contribution in [0.5, 0.6) is 0 Å². The summed E-state index contributed by atoms with van der Waals surface area (Å²) in [6, 6.07) is 0.667. The lowest BCUT2D eigenvalue weighted by atomic mass is 9.71. The van der Waals surface area contributed by atoms with E-state index >= 15 is 0 Å². The molecule has 2 heterocycles. The van der Waals surface area contributed by atoms with Gasteiger partial charge in [-0.15, -0.1) is 0 Å². The highest BCUT2D eigenvalue weighted by molar-refractivity contribution is 6.54.